The maximum absolute atomic E-state index is 12.4. The summed E-state index contributed by atoms with van der Waals surface area (Å²) in [6.45, 7) is 6.20. The lowest BCUT2D eigenvalue weighted by atomic mass is 10.1. The predicted octanol–water partition coefficient (Wildman–Crippen LogP) is 2.15. The molecule has 2 aromatic rings. The van der Waals surface area contributed by atoms with Gasteiger partial charge in [0.15, 0.2) is 6.10 Å². The number of morpholine rings is 1. The SMILES string of the molecule is C[C@H](Oc1cc2oc(=O)c3c(c2cc1Cl)CCC3)C(=O)NCCN1CCOCC1. The molecule has 1 aromatic heterocycles. The van der Waals surface area contributed by atoms with Crippen LogP contribution in [0.15, 0.2) is 21.3 Å². The first-order chi connectivity index (χ1) is 14.0. The van der Waals surface area contributed by atoms with Gasteiger partial charge in [0, 0.05) is 43.2 Å². The lowest BCUT2D eigenvalue weighted by Crippen LogP contribution is -2.43. The number of carbonyl (C=O) groups excluding carboxylic acids is 1. The standard InChI is InChI=1S/C21H25ClN2O5/c1-13(20(25)23-5-6-24-7-9-27-10-8-24)28-19-12-18-16(11-17(19)22)14-3-2-4-15(14)21(26)29-18/h11-13H,2-10H2,1H3,(H,23,25)/t13-/m0/s1. The van der Waals surface area contributed by atoms with Crippen LogP contribution in [0.3, 0.4) is 0 Å². The minimum Gasteiger partial charge on any atom is -0.479 e. The van der Waals surface area contributed by atoms with E-state index in [2.05, 4.69) is 10.2 Å². The zero-order chi connectivity index (χ0) is 20.4. The summed E-state index contributed by atoms with van der Waals surface area (Å²) in [5.41, 5.74) is 1.90. The smallest absolute Gasteiger partial charge is 0.339 e. The summed E-state index contributed by atoms with van der Waals surface area (Å²) >= 11 is 6.40. The van der Waals surface area contributed by atoms with Gasteiger partial charge in [-0.2, -0.15) is 0 Å². The molecule has 29 heavy (non-hydrogen) atoms. The van der Waals surface area contributed by atoms with E-state index in [0.717, 1.165) is 68.6 Å². The highest BCUT2D eigenvalue weighted by atomic mass is 35.5. The Morgan fingerprint density at radius 3 is 2.83 bits per heavy atom. The maximum Gasteiger partial charge on any atom is 0.339 e. The Morgan fingerprint density at radius 1 is 1.28 bits per heavy atom. The number of aryl methyl sites for hydroxylation is 1. The molecule has 1 aliphatic heterocycles. The van der Waals surface area contributed by atoms with Gasteiger partial charge < -0.3 is 19.2 Å². The van der Waals surface area contributed by atoms with Crippen LogP contribution in [0.25, 0.3) is 11.0 Å². The molecule has 156 valence electrons. The van der Waals surface area contributed by atoms with E-state index in [0.29, 0.717) is 22.9 Å². The van der Waals surface area contributed by atoms with E-state index >= 15 is 0 Å². The third kappa shape index (κ3) is 4.42. The van der Waals surface area contributed by atoms with Crippen molar-refractivity contribution in [2.24, 2.45) is 0 Å². The molecule has 0 saturated carbocycles. The molecule has 0 radical (unpaired) electrons. The molecule has 2 aliphatic rings. The number of nitrogens with zero attached hydrogens (tertiary/aromatic N) is 1. The highest BCUT2D eigenvalue weighted by Gasteiger charge is 2.22. The molecular weight excluding hydrogens is 396 g/mol. The highest BCUT2D eigenvalue weighted by molar-refractivity contribution is 6.32. The molecule has 1 N–H and O–H groups in total. The monoisotopic (exact) mass is 420 g/mol. The Bertz CT molecular complexity index is 968. The lowest BCUT2D eigenvalue weighted by molar-refractivity contribution is -0.127. The van der Waals surface area contributed by atoms with Gasteiger partial charge in [0.25, 0.3) is 5.91 Å². The van der Waals surface area contributed by atoms with Gasteiger partial charge in [-0.05, 0) is 37.8 Å². The molecule has 0 unspecified atom stereocenters. The van der Waals surface area contributed by atoms with Crippen molar-refractivity contribution in [3.05, 3.63) is 38.7 Å². The molecule has 1 aromatic carbocycles. The van der Waals surface area contributed by atoms with Gasteiger partial charge in [0.1, 0.15) is 11.3 Å². The number of fused-ring (bicyclic) bond motifs is 3. The summed E-state index contributed by atoms with van der Waals surface area (Å²) in [5, 5.41) is 4.13. The number of nitrogens with one attached hydrogen (secondary N) is 1. The fourth-order valence-corrected chi connectivity index (χ4v) is 4.13. The van der Waals surface area contributed by atoms with E-state index in [9.17, 15) is 9.59 Å². The first-order valence-electron chi connectivity index (χ1n) is 10.1. The van der Waals surface area contributed by atoms with Crippen molar-refractivity contribution in [1.82, 2.24) is 10.2 Å². The molecule has 4 rings (SSSR count). The summed E-state index contributed by atoms with van der Waals surface area (Å²) in [7, 11) is 0. The average molecular weight is 421 g/mol. The quantitative estimate of drug-likeness (QED) is 0.721. The molecule has 1 amide bonds. The zero-order valence-electron chi connectivity index (χ0n) is 16.5. The fraction of sp³-hybridized carbons (Fsp3) is 0.524. The summed E-state index contributed by atoms with van der Waals surface area (Å²) in [6, 6.07) is 3.37. The van der Waals surface area contributed by atoms with Gasteiger partial charge in [0.05, 0.1) is 18.2 Å². The normalized spacial score (nSPS) is 17.9. The molecular formula is C21H25ClN2O5. The predicted molar refractivity (Wildman–Crippen MR) is 110 cm³/mol. The lowest BCUT2D eigenvalue weighted by Gasteiger charge is -2.26. The second-order valence-electron chi connectivity index (χ2n) is 7.48. The summed E-state index contributed by atoms with van der Waals surface area (Å²) < 4.78 is 16.6. The Balaban J connectivity index is 1.41. The van der Waals surface area contributed by atoms with Crippen LogP contribution in [-0.4, -0.2) is 56.3 Å². The Hall–Kier alpha value is -2.09. The van der Waals surface area contributed by atoms with Gasteiger partial charge in [-0.15, -0.1) is 0 Å². The number of halogens is 1. The van der Waals surface area contributed by atoms with Crippen LogP contribution in [0, 0.1) is 0 Å². The summed E-state index contributed by atoms with van der Waals surface area (Å²) in [6.07, 6.45) is 1.80. The first kappa shape index (κ1) is 20.2. The number of hydrogen-bond donors (Lipinski definition) is 1. The van der Waals surface area contributed by atoms with Crippen molar-refractivity contribution in [1.29, 1.82) is 0 Å². The van der Waals surface area contributed by atoms with Crippen LogP contribution in [0.2, 0.25) is 5.02 Å². The van der Waals surface area contributed by atoms with Crippen LogP contribution in [-0.2, 0) is 22.4 Å². The molecule has 0 spiro atoms. The number of hydrogen-bond acceptors (Lipinski definition) is 6. The van der Waals surface area contributed by atoms with Crippen LogP contribution >= 0.6 is 11.6 Å². The number of benzene rings is 1. The molecule has 1 atom stereocenters. The molecule has 2 heterocycles. The number of rotatable bonds is 6. The third-order valence-electron chi connectivity index (χ3n) is 5.53. The van der Waals surface area contributed by atoms with E-state index < -0.39 is 6.10 Å². The summed E-state index contributed by atoms with van der Waals surface area (Å²) in [5.74, 6) is 0.112. The summed E-state index contributed by atoms with van der Waals surface area (Å²) in [4.78, 5) is 26.8. The average Bonchev–Trinajstić information content (AvgIpc) is 3.21. The number of ether oxygens (including phenoxy) is 2. The van der Waals surface area contributed by atoms with Crippen LogP contribution < -0.4 is 15.7 Å². The topological polar surface area (TPSA) is 81.0 Å². The van der Waals surface area contributed by atoms with E-state index in [-0.39, 0.29) is 11.5 Å². The van der Waals surface area contributed by atoms with Crippen LogP contribution in [0.4, 0.5) is 0 Å². The second-order valence-corrected chi connectivity index (χ2v) is 7.89. The van der Waals surface area contributed by atoms with Crippen molar-refractivity contribution in [2.75, 3.05) is 39.4 Å². The van der Waals surface area contributed by atoms with Gasteiger partial charge in [-0.1, -0.05) is 11.6 Å². The van der Waals surface area contributed by atoms with E-state index in [1.165, 1.54) is 0 Å². The number of amides is 1. The molecule has 7 nitrogen and oxygen atoms in total. The minimum absolute atomic E-state index is 0.218. The van der Waals surface area contributed by atoms with E-state index in [1.54, 1.807) is 19.1 Å². The van der Waals surface area contributed by atoms with Crippen molar-refractivity contribution in [3.63, 3.8) is 0 Å². The van der Waals surface area contributed by atoms with E-state index in [4.69, 9.17) is 25.5 Å². The Kier molecular flexibility index (Phi) is 6.08. The van der Waals surface area contributed by atoms with Crippen molar-refractivity contribution < 1.29 is 18.7 Å². The molecule has 1 fully saturated rings. The zero-order valence-corrected chi connectivity index (χ0v) is 17.2. The van der Waals surface area contributed by atoms with Gasteiger partial charge >= 0.3 is 5.63 Å². The van der Waals surface area contributed by atoms with Crippen LogP contribution in [0.5, 0.6) is 5.75 Å². The maximum atomic E-state index is 12.4. The fourth-order valence-electron chi connectivity index (χ4n) is 3.92. The molecule has 1 aliphatic carbocycles. The second kappa shape index (κ2) is 8.73. The van der Waals surface area contributed by atoms with Crippen molar-refractivity contribution in [2.45, 2.75) is 32.3 Å². The third-order valence-corrected chi connectivity index (χ3v) is 5.83. The molecule has 1 saturated heterocycles. The molecule has 8 heteroatoms. The van der Waals surface area contributed by atoms with Crippen molar-refractivity contribution >= 4 is 28.5 Å². The van der Waals surface area contributed by atoms with E-state index in [1.807, 2.05) is 0 Å². The van der Waals surface area contributed by atoms with Gasteiger partial charge in [-0.3, -0.25) is 9.69 Å². The van der Waals surface area contributed by atoms with Gasteiger partial charge in [-0.25, -0.2) is 4.79 Å². The largest absolute Gasteiger partial charge is 0.479 e. The van der Waals surface area contributed by atoms with Crippen molar-refractivity contribution in [3.8, 4) is 5.75 Å². The van der Waals surface area contributed by atoms with Gasteiger partial charge in [0.2, 0.25) is 0 Å². The molecule has 0 bridgehead atoms. The number of carbonyl (C=O) groups is 1. The highest BCUT2D eigenvalue weighted by Crippen LogP contribution is 2.35. The Morgan fingerprint density at radius 2 is 2.03 bits per heavy atom. The minimum atomic E-state index is -0.726. The Labute approximate surface area is 173 Å². The van der Waals surface area contributed by atoms with Crippen LogP contribution in [0.1, 0.15) is 24.5 Å². The first-order valence-corrected chi connectivity index (χ1v) is 10.4.